The second-order valence-electron chi connectivity index (χ2n) is 5.22. The van der Waals surface area contributed by atoms with E-state index >= 15 is 0 Å². The number of aromatic nitrogens is 2. The molecule has 0 atom stereocenters. The fraction of sp³-hybridized carbons (Fsp3) is 0.733. The van der Waals surface area contributed by atoms with Gasteiger partial charge in [0.15, 0.2) is 0 Å². The summed E-state index contributed by atoms with van der Waals surface area (Å²) in [5, 5.41) is 0. The average Bonchev–Trinajstić information content (AvgIpc) is 2.52. The third kappa shape index (κ3) is 4.23. The molecule has 1 saturated carbocycles. The van der Waals surface area contributed by atoms with Crippen molar-refractivity contribution in [1.82, 2.24) is 9.97 Å². The topological polar surface area (TPSA) is 38.2 Å². The van der Waals surface area contributed by atoms with Gasteiger partial charge in [0.05, 0.1) is 6.61 Å². The van der Waals surface area contributed by atoms with Gasteiger partial charge in [-0.25, -0.2) is 4.98 Å². The van der Waals surface area contributed by atoms with Crippen LogP contribution in [0.1, 0.15) is 45.4 Å². The summed E-state index contributed by atoms with van der Waals surface area (Å²) in [5.74, 6) is 2.01. The van der Waals surface area contributed by atoms with Crippen LogP contribution in [0.5, 0.6) is 5.88 Å². The quantitative estimate of drug-likeness (QED) is 0.720. The summed E-state index contributed by atoms with van der Waals surface area (Å²) < 4.78 is 5.60. The SMILES string of the molecule is CCCOc1ccnc(N(CCCl)C2CCCCC2)n1. The summed E-state index contributed by atoms with van der Waals surface area (Å²) >= 11 is 5.96. The molecule has 1 aliphatic rings. The van der Waals surface area contributed by atoms with Crippen molar-refractivity contribution in [2.24, 2.45) is 0 Å². The molecule has 5 heteroatoms. The molecule has 0 spiro atoms. The Morgan fingerprint density at radius 1 is 1.35 bits per heavy atom. The number of hydrogen-bond donors (Lipinski definition) is 0. The fourth-order valence-electron chi connectivity index (χ4n) is 2.69. The van der Waals surface area contributed by atoms with Crippen molar-refractivity contribution in [1.29, 1.82) is 0 Å². The molecule has 0 saturated heterocycles. The van der Waals surface area contributed by atoms with Crippen LogP contribution in [0.4, 0.5) is 5.95 Å². The van der Waals surface area contributed by atoms with Crippen LogP contribution in [0.3, 0.4) is 0 Å². The molecule has 20 heavy (non-hydrogen) atoms. The summed E-state index contributed by atoms with van der Waals surface area (Å²) in [4.78, 5) is 11.2. The summed E-state index contributed by atoms with van der Waals surface area (Å²) in [7, 11) is 0. The minimum absolute atomic E-state index is 0.518. The molecule has 0 N–H and O–H groups in total. The first-order valence-electron chi connectivity index (χ1n) is 7.63. The van der Waals surface area contributed by atoms with Gasteiger partial charge in [-0.1, -0.05) is 26.2 Å². The van der Waals surface area contributed by atoms with Gasteiger partial charge in [-0.05, 0) is 19.3 Å². The smallest absolute Gasteiger partial charge is 0.228 e. The molecule has 1 heterocycles. The van der Waals surface area contributed by atoms with E-state index in [4.69, 9.17) is 16.3 Å². The lowest BCUT2D eigenvalue weighted by Gasteiger charge is -2.34. The van der Waals surface area contributed by atoms with Crippen LogP contribution >= 0.6 is 11.6 Å². The monoisotopic (exact) mass is 297 g/mol. The van der Waals surface area contributed by atoms with Crippen LogP contribution in [0, 0.1) is 0 Å². The number of alkyl halides is 1. The van der Waals surface area contributed by atoms with E-state index in [0.717, 1.165) is 18.9 Å². The Balaban J connectivity index is 2.10. The molecule has 2 rings (SSSR count). The number of ether oxygens (including phenoxy) is 1. The molecular formula is C15H24ClN3O. The first-order valence-corrected chi connectivity index (χ1v) is 8.17. The molecule has 0 unspecified atom stereocenters. The summed E-state index contributed by atoms with van der Waals surface area (Å²) in [5.41, 5.74) is 0. The van der Waals surface area contributed by atoms with Gasteiger partial charge in [-0.15, -0.1) is 11.6 Å². The van der Waals surface area contributed by atoms with Crippen LogP contribution in [0.2, 0.25) is 0 Å². The Morgan fingerprint density at radius 3 is 2.85 bits per heavy atom. The fourth-order valence-corrected chi connectivity index (χ4v) is 2.87. The molecule has 1 aliphatic carbocycles. The second kappa shape index (κ2) is 8.30. The van der Waals surface area contributed by atoms with Crippen LogP contribution < -0.4 is 9.64 Å². The highest BCUT2D eigenvalue weighted by Gasteiger charge is 2.23. The van der Waals surface area contributed by atoms with Gasteiger partial charge in [-0.3, -0.25) is 0 Å². The third-order valence-electron chi connectivity index (χ3n) is 3.67. The molecule has 0 aliphatic heterocycles. The van der Waals surface area contributed by atoms with Gasteiger partial charge in [0.2, 0.25) is 11.8 Å². The van der Waals surface area contributed by atoms with E-state index in [0.29, 0.717) is 24.4 Å². The van der Waals surface area contributed by atoms with E-state index in [9.17, 15) is 0 Å². The molecule has 0 aromatic carbocycles. The van der Waals surface area contributed by atoms with Gasteiger partial charge in [0.25, 0.3) is 0 Å². The maximum atomic E-state index is 5.96. The van der Waals surface area contributed by atoms with Crippen LogP contribution in [-0.2, 0) is 0 Å². The maximum Gasteiger partial charge on any atom is 0.228 e. The van der Waals surface area contributed by atoms with E-state index in [1.54, 1.807) is 6.20 Å². The largest absolute Gasteiger partial charge is 0.478 e. The van der Waals surface area contributed by atoms with Crippen molar-refractivity contribution < 1.29 is 4.74 Å². The highest BCUT2D eigenvalue weighted by atomic mass is 35.5. The second-order valence-corrected chi connectivity index (χ2v) is 5.60. The van der Waals surface area contributed by atoms with Crippen molar-refractivity contribution in [2.45, 2.75) is 51.5 Å². The van der Waals surface area contributed by atoms with Crippen molar-refractivity contribution in [3.63, 3.8) is 0 Å². The zero-order chi connectivity index (χ0) is 14.2. The standard InChI is InChI=1S/C15H24ClN3O/c1-2-12-20-14-8-10-17-15(18-14)19(11-9-16)13-6-4-3-5-7-13/h8,10,13H,2-7,9,11-12H2,1H3. The lowest BCUT2D eigenvalue weighted by molar-refractivity contribution is 0.304. The Bertz CT molecular complexity index is 396. The number of hydrogen-bond acceptors (Lipinski definition) is 4. The Labute approximate surface area is 126 Å². The molecule has 1 aromatic rings. The molecule has 4 nitrogen and oxygen atoms in total. The van der Waals surface area contributed by atoms with Crippen molar-refractivity contribution in [3.05, 3.63) is 12.3 Å². The molecule has 0 bridgehead atoms. The van der Waals surface area contributed by atoms with Crippen molar-refractivity contribution >= 4 is 17.5 Å². The van der Waals surface area contributed by atoms with Gasteiger partial charge >= 0.3 is 0 Å². The van der Waals surface area contributed by atoms with E-state index in [2.05, 4.69) is 21.8 Å². The summed E-state index contributed by atoms with van der Waals surface area (Å²) in [6.45, 7) is 3.57. The van der Waals surface area contributed by atoms with Crippen LogP contribution in [0.15, 0.2) is 12.3 Å². The Hall–Kier alpha value is -1.03. The minimum Gasteiger partial charge on any atom is -0.478 e. The van der Waals surface area contributed by atoms with E-state index in [1.807, 2.05) is 6.07 Å². The van der Waals surface area contributed by atoms with Crippen molar-refractivity contribution in [2.75, 3.05) is 23.9 Å². The lowest BCUT2D eigenvalue weighted by atomic mass is 9.94. The zero-order valence-electron chi connectivity index (χ0n) is 12.2. The summed E-state index contributed by atoms with van der Waals surface area (Å²) in [6.07, 6.45) is 9.09. The maximum absolute atomic E-state index is 5.96. The van der Waals surface area contributed by atoms with Gasteiger partial charge in [-0.2, -0.15) is 4.98 Å². The normalized spacial score (nSPS) is 16.1. The predicted octanol–water partition coefficient (Wildman–Crippen LogP) is 3.64. The molecular weight excluding hydrogens is 274 g/mol. The Kier molecular flexibility index (Phi) is 6.37. The molecule has 112 valence electrons. The van der Waals surface area contributed by atoms with Crippen LogP contribution in [0.25, 0.3) is 0 Å². The van der Waals surface area contributed by atoms with E-state index < -0.39 is 0 Å². The van der Waals surface area contributed by atoms with Gasteiger partial charge < -0.3 is 9.64 Å². The first-order chi connectivity index (χ1) is 9.85. The zero-order valence-corrected chi connectivity index (χ0v) is 13.0. The predicted molar refractivity (Wildman–Crippen MR) is 82.8 cm³/mol. The lowest BCUT2D eigenvalue weighted by Crippen LogP contribution is -2.39. The molecule has 1 fully saturated rings. The number of halogens is 1. The number of rotatable bonds is 7. The first kappa shape index (κ1) is 15.4. The molecule has 0 radical (unpaired) electrons. The number of anilines is 1. The van der Waals surface area contributed by atoms with E-state index in [1.165, 1.54) is 32.1 Å². The van der Waals surface area contributed by atoms with Crippen molar-refractivity contribution in [3.8, 4) is 5.88 Å². The van der Waals surface area contributed by atoms with E-state index in [-0.39, 0.29) is 0 Å². The van der Waals surface area contributed by atoms with Gasteiger partial charge in [0.1, 0.15) is 0 Å². The highest BCUT2D eigenvalue weighted by Crippen LogP contribution is 2.26. The van der Waals surface area contributed by atoms with Crippen LogP contribution in [-0.4, -0.2) is 35.0 Å². The summed E-state index contributed by atoms with van der Waals surface area (Å²) in [6, 6.07) is 2.34. The molecule has 0 amide bonds. The minimum atomic E-state index is 0.518. The highest BCUT2D eigenvalue weighted by molar-refractivity contribution is 6.18. The number of nitrogens with zero attached hydrogens (tertiary/aromatic N) is 3. The average molecular weight is 298 g/mol. The third-order valence-corrected chi connectivity index (χ3v) is 3.84. The molecule has 1 aromatic heterocycles. The Morgan fingerprint density at radius 2 is 2.15 bits per heavy atom. The van der Waals surface area contributed by atoms with Gasteiger partial charge in [0, 0.05) is 30.7 Å².